The van der Waals surface area contributed by atoms with Crippen molar-refractivity contribution in [2.75, 3.05) is 13.1 Å². The van der Waals surface area contributed by atoms with Gasteiger partial charge in [-0.1, -0.05) is 6.92 Å². The van der Waals surface area contributed by atoms with Crippen molar-refractivity contribution in [1.29, 1.82) is 0 Å². The Balaban J connectivity index is 3.41. The molecule has 0 aromatic heterocycles. The molecule has 2 unspecified atom stereocenters. The Morgan fingerprint density at radius 1 is 1.54 bits per heavy atom. The number of aliphatic hydroxyl groups excluding tert-OH is 1. The van der Waals surface area contributed by atoms with Crippen LogP contribution in [0.25, 0.3) is 0 Å². The number of rotatable bonds is 6. The molecule has 0 saturated carbocycles. The second kappa shape index (κ2) is 6.86. The van der Waals surface area contributed by atoms with Crippen LogP contribution >= 0.6 is 0 Å². The highest BCUT2D eigenvalue weighted by Crippen LogP contribution is 1.98. The van der Waals surface area contributed by atoms with Gasteiger partial charge in [0.1, 0.15) is 0 Å². The molecule has 0 aliphatic heterocycles. The molecule has 0 bridgehead atoms. The zero-order valence-electron chi connectivity index (χ0n) is 8.42. The normalized spacial score (nSPS) is 15.1. The summed E-state index contributed by atoms with van der Waals surface area (Å²) in [5, 5.41) is 11.6. The minimum atomic E-state index is -0.354. The summed E-state index contributed by atoms with van der Waals surface area (Å²) in [5.41, 5.74) is 5.38. The van der Waals surface area contributed by atoms with Crippen LogP contribution in [0.2, 0.25) is 0 Å². The first-order chi connectivity index (χ1) is 6.06. The van der Waals surface area contributed by atoms with E-state index in [1.165, 1.54) is 0 Å². The molecular formula is C9H20N2O2. The highest BCUT2D eigenvalue weighted by atomic mass is 16.3. The van der Waals surface area contributed by atoms with E-state index in [0.29, 0.717) is 25.9 Å². The summed E-state index contributed by atoms with van der Waals surface area (Å²) in [7, 11) is 0. The van der Waals surface area contributed by atoms with Crippen LogP contribution in [0.1, 0.15) is 26.7 Å². The molecule has 0 aliphatic rings. The molecule has 4 nitrogen and oxygen atoms in total. The van der Waals surface area contributed by atoms with Gasteiger partial charge in [0.25, 0.3) is 0 Å². The van der Waals surface area contributed by atoms with E-state index >= 15 is 0 Å². The molecule has 0 saturated heterocycles. The number of nitrogens with two attached hydrogens (primary N) is 1. The summed E-state index contributed by atoms with van der Waals surface area (Å²) in [6.07, 6.45) is 0.714. The van der Waals surface area contributed by atoms with Gasteiger partial charge in [-0.15, -0.1) is 0 Å². The van der Waals surface area contributed by atoms with Gasteiger partial charge in [-0.05, 0) is 25.8 Å². The van der Waals surface area contributed by atoms with Crippen LogP contribution in [0, 0.1) is 5.92 Å². The zero-order chi connectivity index (χ0) is 10.3. The van der Waals surface area contributed by atoms with Crippen LogP contribution in [-0.2, 0) is 4.79 Å². The number of nitrogens with one attached hydrogen (secondary N) is 1. The van der Waals surface area contributed by atoms with Gasteiger partial charge in [0.2, 0.25) is 5.91 Å². The average molecular weight is 188 g/mol. The number of hydrogen-bond acceptors (Lipinski definition) is 3. The van der Waals surface area contributed by atoms with E-state index in [1.54, 1.807) is 6.92 Å². The van der Waals surface area contributed by atoms with Gasteiger partial charge in [0, 0.05) is 13.0 Å². The number of hydrogen-bond donors (Lipinski definition) is 3. The smallest absolute Gasteiger partial charge is 0.220 e. The van der Waals surface area contributed by atoms with Crippen molar-refractivity contribution in [2.24, 2.45) is 11.7 Å². The molecular weight excluding hydrogens is 168 g/mol. The van der Waals surface area contributed by atoms with E-state index in [9.17, 15) is 4.79 Å². The van der Waals surface area contributed by atoms with Crippen molar-refractivity contribution in [3.05, 3.63) is 0 Å². The van der Waals surface area contributed by atoms with Gasteiger partial charge >= 0.3 is 0 Å². The molecule has 0 aromatic rings. The Morgan fingerprint density at radius 3 is 2.62 bits per heavy atom. The molecule has 0 rings (SSSR count). The monoisotopic (exact) mass is 188 g/mol. The standard InChI is InChI=1S/C9H20N2O2/c1-7(6-10)5-9(13)11-4-3-8(2)12/h7-8,12H,3-6,10H2,1-2H3,(H,11,13). The van der Waals surface area contributed by atoms with E-state index in [2.05, 4.69) is 5.32 Å². The van der Waals surface area contributed by atoms with E-state index < -0.39 is 0 Å². The fraction of sp³-hybridized carbons (Fsp3) is 0.889. The topological polar surface area (TPSA) is 75.3 Å². The van der Waals surface area contributed by atoms with Crippen LogP contribution in [0.15, 0.2) is 0 Å². The summed E-state index contributed by atoms with van der Waals surface area (Å²) < 4.78 is 0. The quantitative estimate of drug-likeness (QED) is 0.543. The van der Waals surface area contributed by atoms with Crippen molar-refractivity contribution in [3.8, 4) is 0 Å². The van der Waals surface area contributed by atoms with Crippen molar-refractivity contribution in [1.82, 2.24) is 5.32 Å². The Labute approximate surface area is 79.5 Å². The first-order valence-corrected chi connectivity index (χ1v) is 4.71. The Kier molecular flexibility index (Phi) is 6.54. The highest BCUT2D eigenvalue weighted by molar-refractivity contribution is 5.76. The summed E-state index contributed by atoms with van der Waals surface area (Å²) in [6, 6.07) is 0. The van der Waals surface area contributed by atoms with E-state index in [-0.39, 0.29) is 17.9 Å². The lowest BCUT2D eigenvalue weighted by atomic mass is 10.1. The lowest BCUT2D eigenvalue weighted by molar-refractivity contribution is -0.121. The van der Waals surface area contributed by atoms with Crippen molar-refractivity contribution in [2.45, 2.75) is 32.8 Å². The van der Waals surface area contributed by atoms with E-state index in [0.717, 1.165) is 0 Å². The zero-order valence-corrected chi connectivity index (χ0v) is 8.42. The molecule has 0 heterocycles. The fourth-order valence-electron chi connectivity index (χ4n) is 0.892. The summed E-state index contributed by atoms with van der Waals surface area (Å²) >= 11 is 0. The number of carbonyl (C=O) groups is 1. The second-order valence-corrected chi connectivity index (χ2v) is 3.53. The van der Waals surface area contributed by atoms with Crippen LogP contribution in [0.5, 0.6) is 0 Å². The molecule has 78 valence electrons. The predicted molar refractivity (Wildman–Crippen MR) is 52.1 cm³/mol. The fourth-order valence-corrected chi connectivity index (χ4v) is 0.892. The largest absolute Gasteiger partial charge is 0.393 e. The van der Waals surface area contributed by atoms with Crippen LogP contribution in [0.3, 0.4) is 0 Å². The maximum Gasteiger partial charge on any atom is 0.220 e. The SMILES string of the molecule is CC(O)CCNC(=O)CC(C)CN. The van der Waals surface area contributed by atoms with Crippen molar-refractivity contribution >= 4 is 5.91 Å². The van der Waals surface area contributed by atoms with Gasteiger partial charge in [0.15, 0.2) is 0 Å². The third kappa shape index (κ3) is 7.74. The molecule has 0 aromatic carbocycles. The summed E-state index contributed by atoms with van der Waals surface area (Å²) in [5.74, 6) is 0.241. The van der Waals surface area contributed by atoms with E-state index in [4.69, 9.17) is 10.8 Å². The van der Waals surface area contributed by atoms with Gasteiger partial charge in [-0.3, -0.25) is 4.79 Å². The maximum absolute atomic E-state index is 11.1. The molecule has 13 heavy (non-hydrogen) atoms. The van der Waals surface area contributed by atoms with Crippen molar-refractivity contribution < 1.29 is 9.90 Å². The molecule has 2 atom stereocenters. The molecule has 4 N–H and O–H groups in total. The number of carbonyl (C=O) groups excluding carboxylic acids is 1. The molecule has 4 heteroatoms. The van der Waals surface area contributed by atoms with Crippen molar-refractivity contribution in [3.63, 3.8) is 0 Å². The van der Waals surface area contributed by atoms with Crippen LogP contribution in [-0.4, -0.2) is 30.2 Å². The Bertz CT molecular complexity index is 149. The summed E-state index contributed by atoms with van der Waals surface area (Å²) in [6.45, 7) is 4.71. The molecule has 0 radical (unpaired) electrons. The van der Waals surface area contributed by atoms with Crippen LogP contribution < -0.4 is 11.1 Å². The lowest BCUT2D eigenvalue weighted by Crippen LogP contribution is -2.29. The second-order valence-electron chi connectivity index (χ2n) is 3.53. The predicted octanol–water partition coefficient (Wildman–Crippen LogP) is -0.142. The maximum atomic E-state index is 11.1. The lowest BCUT2D eigenvalue weighted by Gasteiger charge is -2.09. The minimum absolute atomic E-state index is 0.0126. The highest BCUT2D eigenvalue weighted by Gasteiger charge is 2.06. The van der Waals surface area contributed by atoms with Gasteiger partial charge < -0.3 is 16.2 Å². The van der Waals surface area contributed by atoms with Gasteiger partial charge in [0.05, 0.1) is 6.10 Å². The molecule has 0 aliphatic carbocycles. The minimum Gasteiger partial charge on any atom is -0.393 e. The third-order valence-corrected chi connectivity index (χ3v) is 1.82. The average Bonchev–Trinajstić information content (AvgIpc) is 2.03. The van der Waals surface area contributed by atoms with E-state index in [1.807, 2.05) is 6.92 Å². The number of amides is 1. The Morgan fingerprint density at radius 2 is 2.15 bits per heavy atom. The van der Waals surface area contributed by atoms with Crippen LogP contribution in [0.4, 0.5) is 0 Å². The molecule has 0 fully saturated rings. The van der Waals surface area contributed by atoms with Gasteiger partial charge in [-0.25, -0.2) is 0 Å². The first kappa shape index (κ1) is 12.4. The molecule has 1 amide bonds. The molecule has 0 spiro atoms. The summed E-state index contributed by atoms with van der Waals surface area (Å²) in [4.78, 5) is 11.1. The number of aliphatic hydroxyl groups is 1. The first-order valence-electron chi connectivity index (χ1n) is 4.71. The third-order valence-electron chi connectivity index (χ3n) is 1.82. The van der Waals surface area contributed by atoms with Gasteiger partial charge in [-0.2, -0.15) is 0 Å². The Hall–Kier alpha value is -0.610.